The number of ether oxygens (including phenoxy) is 1. The van der Waals surface area contributed by atoms with Crippen LogP contribution in [0, 0.1) is 5.92 Å². The molecule has 1 rings (SSSR count). The molecule has 0 amide bonds. The predicted molar refractivity (Wildman–Crippen MR) is 63.3 cm³/mol. The largest absolute Gasteiger partial charge is 0.392 e. The SMILES string of the molecule is CCc1cc(CC(O)C(C)COC)n(C)n1. The van der Waals surface area contributed by atoms with Gasteiger partial charge in [0.1, 0.15) is 0 Å². The maximum atomic E-state index is 9.99. The van der Waals surface area contributed by atoms with Crippen LogP contribution in [0.5, 0.6) is 0 Å². The summed E-state index contributed by atoms with van der Waals surface area (Å²) in [5.74, 6) is 0.143. The van der Waals surface area contributed by atoms with Crippen LogP contribution in [0.15, 0.2) is 6.07 Å². The highest BCUT2D eigenvalue weighted by molar-refractivity contribution is 5.11. The van der Waals surface area contributed by atoms with Crippen LogP contribution in [0.1, 0.15) is 25.2 Å². The monoisotopic (exact) mass is 226 g/mol. The Labute approximate surface area is 97.2 Å². The molecule has 4 heteroatoms. The average Bonchev–Trinajstić information content (AvgIpc) is 2.60. The lowest BCUT2D eigenvalue weighted by Crippen LogP contribution is -2.25. The Morgan fingerprint density at radius 3 is 2.75 bits per heavy atom. The smallest absolute Gasteiger partial charge is 0.0642 e. The van der Waals surface area contributed by atoms with Gasteiger partial charge in [0.25, 0.3) is 0 Å². The zero-order valence-electron chi connectivity index (χ0n) is 10.6. The highest BCUT2D eigenvalue weighted by Crippen LogP contribution is 2.12. The summed E-state index contributed by atoms with van der Waals surface area (Å²) < 4.78 is 6.89. The Bertz CT molecular complexity index is 323. The van der Waals surface area contributed by atoms with Crippen molar-refractivity contribution in [3.8, 4) is 0 Å². The van der Waals surface area contributed by atoms with Gasteiger partial charge in [0.2, 0.25) is 0 Å². The van der Waals surface area contributed by atoms with Gasteiger partial charge in [-0.3, -0.25) is 4.68 Å². The van der Waals surface area contributed by atoms with Gasteiger partial charge >= 0.3 is 0 Å². The summed E-state index contributed by atoms with van der Waals surface area (Å²) in [4.78, 5) is 0. The zero-order chi connectivity index (χ0) is 12.1. The van der Waals surface area contributed by atoms with Crippen molar-refractivity contribution >= 4 is 0 Å². The molecule has 1 aromatic heterocycles. The van der Waals surface area contributed by atoms with E-state index < -0.39 is 0 Å². The average molecular weight is 226 g/mol. The molecule has 0 aliphatic heterocycles. The number of rotatable bonds is 6. The van der Waals surface area contributed by atoms with Gasteiger partial charge in [0, 0.05) is 32.2 Å². The van der Waals surface area contributed by atoms with E-state index in [1.807, 2.05) is 18.7 Å². The number of aliphatic hydroxyl groups is 1. The summed E-state index contributed by atoms with van der Waals surface area (Å²) in [6.45, 7) is 4.65. The van der Waals surface area contributed by atoms with Crippen molar-refractivity contribution < 1.29 is 9.84 Å². The van der Waals surface area contributed by atoms with E-state index in [9.17, 15) is 5.11 Å². The molecule has 0 radical (unpaired) electrons. The fraction of sp³-hybridized carbons (Fsp3) is 0.750. The van der Waals surface area contributed by atoms with Gasteiger partial charge in [0.05, 0.1) is 18.4 Å². The van der Waals surface area contributed by atoms with Crippen LogP contribution in [0.4, 0.5) is 0 Å². The second-order valence-corrected chi connectivity index (χ2v) is 4.31. The number of methoxy groups -OCH3 is 1. The van der Waals surface area contributed by atoms with Crippen LogP contribution in [0.25, 0.3) is 0 Å². The third-order valence-electron chi connectivity index (χ3n) is 2.89. The minimum Gasteiger partial charge on any atom is -0.392 e. The summed E-state index contributed by atoms with van der Waals surface area (Å²) >= 11 is 0. The number of hydrogen-bond donors (Lipinski definition) is 1. The topological polar surface area (TPSA) is 47.3 Å². The lowest BCUT2D eigenvalue weighted by molar-refractivity contribution is 0.0564. The molecule has 16 heavy (non-hydrogen) atoms. The first-order valence-electron chi connectivity index (χ1n) is 5.77. The summed E-state index contributed by atoms with van der Waals surface area (Å²) in [6.07, 6.45) is 1.19. The normalized spacial score (nSPS) is 15.1. The Balaban J connectivity index is 2.61. The van der Waals surface area contributed by atoms with E-state index >= 15 is 0 Å². The molecule has 0 aliphatic carbocycles. The second kappa shape index (κ2) is 6.01. The van der Waals surface area contributed by atoms with E-state index in [4.69, 9.17) is 4.74 Å². The first kappa shape index (κ1) is 13.2. The quantitative estimate of drug-likeness (QED) is 0.792. The van der Waals surface area contributed by atoms with Crippen LogP contribution >= 0.6 is 0 Å². The Hall–Kier alpha value is -0.870. The minimum atomic E-state index is -0.375. The molecule has 0 aromatic carbocycles. The summed E-state index contributed by atoms with van der Waals surface area (Å²) in [5, 5.41) is 14.3. The van der Waals surface area contributed by atoms with Gasteiger partial charge in [-0.25, -0.2) is 0 Å². The van der Waals surface area contributed by atoms with Crippen LogP contribution in [-0.2, 0) is 24.6 Å². The molecule has 1 heterocycles. The minimum absolute atomic E-state index is 0.143. The van der Waals surface area contributed by atoms with Crippen molar-refractivity contribution in [2.24, 2.45) is 13.0 Å². The third-order valence-corrected chi connectivity index (χ3v) is 2.89. The van der Waals surface area contributed by atoms with Crippen LogP contribution in [-0.4, -0.2) is 34.7 Å². The Morgan fingerprint density at radius 2 is 2.25 bits per heavy atom. The van der Waals surface area contributed by atoms with E-state index in [0.717, 1.165) is 17.8 Å². The molecule has 92 valence electrons. The van der Waals surface area contributed by atoms with Gasteiger partial charge in [-0.1, -0.05) is 13.8 Å². The van der Waals surface area contributed by atoms with Crippen molar-refractivity contribution in [1.82, 2.24) is 9.78 Å². The molecule has 0 spiro atoms. The lowest BCUT2D eigenvalue weighted by Gasteiger charge is -2.17. The van der Waals surface area contributed by atoms with Gasteiger partial charge in [0.15, 0.2) is 0 Å². The second-order valence-electron chi connectivity index (χ2n) is 4.31. The van der Waals surface area contributed by atoms with Crippen molar-refractivity contribution in [3.63, 3.8) is 0 Å². The predicted octanol–water partition coefficient (Wildman–Crippen LogP) is 1.17. The van der Waals surface area contributed by atoms with Crippen molar-refractivity contribution in [3.05, 3.63) is 17.5 Å². The molecule has 0 aliphatic rings. The van der Waals surface area contributed by atoms with Crippen molar-refractivity contribution in [2.75, 3.05) is 13.7 Å². The molecule has 0 saturated heterocycles. The summed E-state index contributed by atoms with van der Waals surface area (Å²) in [7, 11) is 3.57. The number of nitrogens with zero attached hydrogens (tertiary/aromatic N) is 2. The fourth-order valence-electron chi connectivity index (χ4n) is 1.72. The highest BCUT2D eigenvalue weighted by Gasteiger charge is 2.16. The molecule has 0 saturated carbocycles. The standard InChI is InChI=1S/C12H22N2O2/c1-5-10-6-11(14(3)13-10)7-12(15)9(2)8-16-4/h6,9,12,15H,5,7-8H2,1-4H3. The summed E-state index contributed by atoms with van der Waals surface area (Å²) in [6, 6.07) is 2.06. The number of hydrogen-bond acceptors (Lipinski definition) is 3. The van der Waals surface area contributed by atoms with E-state index in [1.54, 1.807) is 7.11 Å². The van der Waals surface area contributed by atoms with Crippen molar-refractivity contribution in [2.45, 2.75) is 32.8 Å². The molecule has 2 unspecified atom stereocenters. The van der Waals surface area contributed by atoms with E-state index in [2.05, 4.69) is 18.1 Å². The molecule has 1 N–H and O–H groups in total. The van der Waals surface area contributed by atoms with Crippen LogP contribution in [0.2, 0.25) is 0 Å². The van der Waals surface area contributed by atoms with Gasteiger partial charge in [-0.05, 0) is 12.5 Å². The number of aryl methyl sites for hydroxylation is 2. The lowest BCUT2D eigenvalue weighted by atomic mass is 10.0. The number of aliphatic hydroxyl groups excluding tert-OH is 1. The molecule has 0 bridgehead atoms. The fourth-order valence-corrected chi connectivity index (χ4v) is 1.72. The zero-order valence-corrected chi connectivity index (χ0v) is 10.6. The maximum Gasteiger partial charge on any atom is 0.0642 e. The van der Waals surface area contributed by atoms with Gasteiger partial charge in [-0.2, -0.15) is 5.10 Å². The molecule has 4 nitrogen and oxygen atoms in total. The Kier molecular flexibility index (Phi) is 4.96. The van der Waals surface area contributed by atoms with Crippen molar-refractivity contribution in [1.29, 1.82) is 0 Å². The first-order valence-corrected chi connectivity index (χ1v) is 5.77. The van der Waals surface area contributed by atoms with Gasteiger partial charge < -0.3 is 9.84 Å². The van der Waals surface area contributed by atoms with E-state index in [0.29, 0.717) is 13.0 Å². The van der Waals surface area contributed by atoms with E-state index in [-0.39, 0.29) is 12.0 Å². The Morgan fingerprint density at radius 1 is 1.56 bits per heavy atom. The number of aromatic nitrogens is 2. The molecular weight excluding hydrogens is 204 g/mol. The molecule has 1 aromatic rings. The van der Waals surface area contributed by atoms with E-state index in [1.165, 1.54) is 0 Å². The molecule has 2 atom stereocenters. The molecule has 0 fully saturated rings. The van der Waals surface area contributed by atoms with Crippen LogP contribution < -0.4 is 0 Å². The molecular formula is C12H22N2O2. The van der Waals surface area contributed by atoms with Gasteiger partial charge in [-0.15, -0.1) is 0 Å². The summed E-state index contributed by atoms with van der Waals surface area (Å²) in [5.41, 5.74) is 2.15. The van der Waals surface area contributed by atoms with Crippen LogP contribution in [0.3, 0.4) is 0 Å². The maximum absolute atomic E-state index is 9.99. The first-order chi connectivity index (χ1) is 7.58. The highest BCUT2D eigenvalue weighted by atomic mass is 16.5. The third kappa shape index (κ3) is 3.32.